The number of fused-ring (bicyclic) bond motifs is 1. The molecule has 0 atom stereocenters. The molecule has 1 aliphatic rings. The number of imidazole rings is 1. The molecule has 10 heteroatoms. The second-order valence-corrected chi connectivity index (χ2v) is 6.99. The molecule has 2 aromatic carbocycles. The lowest BCUT2D eigenvalue weighted by molar-refractivity contribution is -0.384. The van der Waals surface area contributed by atoms with E-state index in [0.29, 0.717) is 32.0 Å². The minimum atomic E-state index is -4.65. The van der Waals surface area contributed by atoms with E-state index in [-0.39, 0.29) is 17.4 Å². The van der Waals surface area contributed by atoms with E-state index in [0.717, 1.165) is 23.2 Å². The van der Waals surface area contributed by atoms with Gasteiger partial charge in [-0.1, -0.05) is 12.1 Å². The summed E-state index contributed by atoms with van der Waals surface area (Å²) >= 11 is 0. The molecule has 0 radical (unpaired) electrons. The highest BCUT2D eigenvalue weighted by Crippen LogP contribution is 2.38. The van der Waals surface area contributed by atoms with Crippen LogP contribution in [0, 0.1) is 10.1 Å². The van der Waals surface area contributed by atoms with E-state index in [1.54, 1.807) is 9.47 Å². The maximum Gasteiger partial charge on any atom is 0.416 e. The van der Waals surface area contributed by atoms with Crippen LogP contribution in [0.2, 0.25) is 0 Å². The number of alkyl halides is 3. The molecule has 0 amide bonds. The molecule has 152 valence electrons. The maximum absolute atomic E-state index is 12.9. The van der Waals surface area contributed by atoms with Crippen LogP contribution in [0.25, 0.3) is 11.0 Å². The Kier molecular flexibility index (Phi) is 4.56. The highest BCUT2D eigenvalue weighted by Gasteiger charge is 2.34. The van der Waals surface area contributed by atoms with Gasteiger partial charge in [0.25, 0.3) is 5.69 Å². The van der Waals surface area contributed by atoms with E-state index < -0.39 is 22.4 Å². The second kappa shape index (κ2) is 6.94. The second-order valence-electron chi connectivity index (χ2n) is 6.99. The van der Waals surface area contributed by atoms with Gasteiger partial charge < -0.3 is 9.88 Å². The average Bonchev–Trinajstić information content (AvgIpc) is 3.02. The van der Waals surface area contributed by atoms with Crippen LogP contribution >= 0.6 is 0 Å². The Morgan fingerprint density at radius 2 is 1.79 bits per heavy atom. The van der Waals surface area contributed by atoms with Crippen molar-refractivity contribution in [3.63, 3.8) is 0 Å². The zero-order valence-corrected chi connectivity index (χ0v) is 15.1. The van der Waals surface area contributed by atoms with Crippen molar-refractivity contribution >= 4 is 22.4 Å². The van der Waals surface area contributed by atoms with Gasteiger partial charge in [0.05, 0.1) is 21.5 Å². The quantitative estimate of drug-likeness (QED) is 0.524. The predicted octanol–water partition coefficient (Wildman–Crippen LogP) is 4.10. The van der Waals surface area contributed by atoms with E-state index in [9.17, 15) is 28.1 Å². The number of aromatic nitrogens is 2. The Labute approximate surface area is 162 Å². The summed E-state index contributed by atoms with van der Waals surface area (Å²) in [5.41, 5.74) is -0.150. The minimum absolute atomic E-state index is 0.0941. The zero-order valence-electron chi connectivity index (χ0n) is 15.1. The number of anilines is 1. The van der Waals surface area contributed by atoms with Crippen molar-refractivity contribution in [1.82, 2.24) is 9.55 Å². The van der Waals surface area contributed by atoms with Crippen molar-refractivity contribution in [2.45, 2.75) is 25.1 Å². The molecular formula is C19H17F3N4O3. The molecule has 1 aromatic heterocycles. The van der Waals surface area contributed by atoms with Crippen LogP contribution in [-0.2, 0) is 6.18 Å². The standard InChI is InChI=1S/C19H17F3N4O3/c20-19(21,22)12-5-6-16(17(11-12)26(28)29)24-9-7-13(8-10-24)25-15-4-2-1-3-14(15)23-18(25)27/h1-6,11,13H,7-10H2,(H,23,27). The third kappa shape index (κ3) is 3.45. The Morgan fingerprint density at radius 3 is 2.45 bits per heavy atom. The number of nitro groups is 1. The van der Waals surface area contributed by atoms with Crippen LogP contribution in [0.4, 0.5) is 24.5 Å². The molecule has 7 nitrogen and oxygen atoms in total. The normalized spacial score (nSPS) is 15.8. The molecule has 3 aromatic rings. The number of piperidine rings is 1. The fourth-order valence-electron chi connectivity index (χ4n) is 3.92. The minimum Gasteiger partial charge on any atom is -0.366 e. The highest BCUT2D eigenvalue weighted by molar-refractivity contribution is 5.75. The van der Waals surface area contributed by atoms with Crippen molar-refractivity contribution in [1.29, 1.82) is 0 Å². The Hall–Kier alpha value is -3.30. The average molecular weight is 406 g/mol. The molecular weight excluding hydrogens is 389 g/mol. The summed E-state index contributed by atoms with van der Waals surface area (Å²) in [5, 5.41) is 11.3. The number of aromatic amines is 1. The van der Waals surface area contributed by atoms with E-state index >= 15 is 0 Å². The van der Waals surface area contributed by atoms with Crippen molar-refractivity contribution in [2.24, 2.45) is 0 Å². The summed E-state index contributed by atoms with van der Waals surface area (Å²) in [6.07, 6.45) is -3.56. The number of rotatable bonds is 3. The van der Waals surface area contributed by atoms with E-state index in [1.165, 1.54) is 0 Å². The van der Waals surface area contributed by atoms with Gasteiger partial charge in [0, 0.05) is 25.2 Å². The van der Waals surface area contributed by atoms with Crippen LogP contribution in [0.1, 0.15) is 24.4 Å². The molecule has 1 saturated heterocycles. The SMILES string of the molecule is O=c1[nH]c2ccccc2n1C1CCN(c2ccc(C(F)(F)F)cc2[N+](=O)[O-])CC1. The van der Waals surface area contributed by atoms with Crippen LogP contribution in [0.5, 0.6) is 0 Å². The summed E-state index contributed by atoms with van der Waals surface area (Å²) in [4.78, 5) is 27.4. The molecule has 2 heterocycles. The first-order chi connectivity index (χ1) is 13.8. The van der Waals surface area contributed by atoms with E-state index in [1.807, 2.05) is 24.3 Å². The summed E-state index contributed by atoms with van der Waals surface area (Å²) in [6.45, 7) is 0.783. The molecule has 0 aliphatic carbocycles. The monoisotopic (exact) mass is 406 g/mol. The Bertz CT molecular complexity index is 1130. The fourth-order valence-corrected chi connectivity index (χ4v) is 3.92. The first kappa shape index (κ1) is 19.0. The molecule has 1 aliphatic heterocycles. The number of para-hydroxylation sites is 2. The van der Waals surface area contributed by atoms with Crippen molar-refractivity contribution in [3.8, 4) is 0 Å². The molecule has 0 unspecified atom stereocenters. The molecule has 0 saturated carbocycles. The number of nitrogens with zero attached hydrogens (tertiary/aromatic N) is 3. The third-order valence-electron chi connectivity index (χ3n) is 5.29. The number of nitrogens with one attached hydrogen (secondary N) is 1. The van der Waals surface area contributed by atoms with Crippen LogP contribution in [0.3, 0.4) is 0 Å². The van der Waals surface area contributed by atoms with Gasteiger partial charge in [0.2, 0.25) is 0 Å². The number of hydrogen-bond acceptors (Lipinski definition) is 4. The third-order valence-corrected chi connectivity index (χ3v) is 5.29. The number of nitro benzene ring substituents is 1. The lowest BCUT2D eigenvalue weighted by atomic mass is 10.0. The Morgan fingerprint density at radius 1 is 1.10 bits per heavy atom. The van der Waals surface area contributed by atoms with Crippen molar-refractivity contribution < 1.29 is 18.1 Å². The van der Waals surface area contributed by atoms with E-state index in [4.69, 9.17) is 0 Å². The predicted molar refractivity (Wildman–Crippen MR) is 101 cm³/mol. The fraction of sp³-hybridized carbons (Fsp3) is 0.316. The maximum atomic E-state index is 12.9. The molecule has 29 heavy (non-hydrogen) atoms. The Balaban J connectivity index is 1.59. The van der Waals surface area contributed by atoms with Crippen LogP contribution < -0.4 is 10.6 Å². The van der Waals surface area contributed by atoms with E-state index in [2.05, 4.69) is 4.98 Å². The number of H-pyrrole nitrogens is 1. The van der Waals surface area contributed by atoms with Gasteiger partial charge in [0.15, 0.2) is 0 Å². The van der Waals surface area contributed by atoms with Gasteiger partial charge in [0.1, 0.15) is 5.69 Å². The first-order valence-electron chi connectivity index (χ1n) is 9.05. The van der Waals surface area contributed by atoms with Crippen LogP contribution in [-0.4, -0.2) is 27.6 Å². The van der Waals surface area contributed by atoms with Crippen molar-refractivity contribution in [3.05, 3.63) is 68.6 Å². The molecule has 1 fully saturated rings. The first-order valence-corrected chi connectivity index (χ1v) is 9.05. The van der Waals surface area contributed by atoms with Gasteiger partial charge in [-0.15, -0.1) is 0 Å². The topological polar surface area (TPSA) is 84.2 Å². The zero-order chi connectivity index (χ0) is 20.8. The smallest absolute Gasteiger partial charge is 0.366 e. The van der Waals surface area contributed by atoms with Gasteiger partial charge in [-0.2, -0.15) is 13.2 Å². The number of benzene rings is 2. The molecule has 1 N–H and O–H groups in total. The number of hydrogen-bond donors (Lipinski definition) is 1. The highest BCUT2D eigenvalue weighted by atomic mass is 19.4. The van der Waals surface area contributed by atoms with Gasteiger partial charge >= 0.3 is 11.9 Å². The molecule has 0 bridgehead atoms. The van der Waals surface area contributed by atoms with Crippen LogP contribution in [0.15, 0.2) is 47.3 Å². The van der Waals surface area contributed by atoms with Gasteiger partial charge in [-0.25, -0.2) is 4.79 Å². The molecule has 4 rings (SSSR count). The van der Waals surface area contributed by atoms with Crippen molar-refractivity contribution in [2.75, 3.05) is 18.0 Å². The summed E-state index contributed by atoms with van der Waals surface area (Å²) in [7, 11) is 0. The largest absolute Gasteiger partial charge is 0.416 e. The lowest BCUT2D eigenvalue weighted by Crippen LogP contribution is -2.37. The van der Waals surface area contributed by atoms with Gasteiger partial charge in [-0.3, -0.25) is 14.7 Å². The summed E-state index contributed by atoms with van der Waals surface area (Å²) in [6, 6.07) is 9.82. The lowest BCUT2D eigenvalue weighted by Gasteiger charge is -2.33. The number of halogens is 3. The van der Waals surface area contributed by atoms with Gasteiger partial charge in [-0.05, 0) is 37.1 Å². The summed E-state index contributed by atoms with van der Waals surface area (Å²) in [5.74, 6) is 0. The molecule has 0 spiro atoms. The summed E-state index contributed by atoms with van der Waals surface area (Å²) < 4.78 is 40.4.